The molecule has 1 saturated carbocycles. The highest BCUT2D eigenvalue weighted by molar-refractivity contribution is 5.89. The zero-order chi connectivity index (χ0) is 14.5. The molecule has 1 aliphatic carbocycles. The van der Waals surface area contributed by atoms with Crippen LogP contribution in [0, 0.1) is 11.3 Å². The zero-order valence-electron chi connectivity index (χ0n) is 12.3. The molecule has 0 aromatic rings. The number of carbonyl (C=O) groups excluding carboxylic acids is 1. The van der Waals surface area contributed by atoms with Gasteiger partial charge in [0.05, 0.1) is 11.7 Å². The largest absolute Gasteiger partial charge is 0.389 e. The fraction of sp³-hybridized carbons (Fsp3) is 0.929. The van der Waals surface area contributed by atoms with Crippen molar-refractivity contribution in [2.75, 3.05) is 13.2 Å². The Bertz CT molecular complexity index is 375. The van der Waals surface area contributed by atoms with Crippen LogP contribution < -0.4 is 11.1 Å². The average molecular weight is 270 g/mol. The maximum Gasteiger partial charge on any atom is 0.241 e. The number of nitrogens with one attached hydrogen (secondary N) is 1. The molecule has 1 heterocycles. The second kappa shape index (κ2) is 4.43. The second-order valence-electron chi connectivity index (χ2n) is 7.13. The van der Waals surface area contributed by atoms with Gasteiger partial charge < -0.3 is 20.9 Å². The van der Waals surface area contributed by atoms with Crippen LogP contribution in [0.25, 0.3) is 0 Å². The van der Waals surface area contributed by atoms with E-state index < -0.39 is 11.1 Å². The summed E-state index contributed by atoms with van der Waals surface area (Å²) in [6, 6.07) is 0. The van der Waals surface area contributed by atoms with Gasteiger partial charge in [0.2, 0.25) is 5.91 Å². The molecule has 19 heavy (non-hydrogen) atoms. The highest BCUT2D eigenvalue weighted by Crippen LogP contribution is 2.57. The Balaban J connectivity index is 2.10. The van der Waals surface area contributed by atoms with Gasteiger partial charge in [-0.05, 0) is 26.7 Å². The van der Waals surface area contributed by atoms with Crippen LogP contribution in [0.3, 0.4) is 0 Å². The van der Waals surface area contributed by atoms with E-state index in [2.05, 4.69) is 5.32 Å². The molecule has 5 nitrogen and oxygen atoms in total. The summed E-state index contributed by atoms with van der Waals surface area (Å²) in [6.07, 6.45) is 1.95. The number of hydrogen-bond acceptors (Lipinski definition) is 4. The Labute approximate surface area is 114 Å². The predicted octanol–water partition coefficient (Wildman–Crippen LogP) is 0.406. The highest BCUT2D eigenvalue weighted by atomic mass is 16.5. The molecule has 2 fully saturated rings. The standard InChI is InChI=1S/C14H26N2O3/c1-12(2,18)8-16-11(17)14(15)9-6-5-7-19-10(9)13(14,3)4/h9-10,18H,5-8,15H2,1-4H3,(H,16,17). The summed E-state index contributed by atoms with van der Waals surface area (Å²) >= 11 is 0. The van der Waals surface area contributed by atoms with Gasteiger partial charge >= 0.3 is 0 Å². The fourth-order valence-electron chi connectivity index (χ4n) is 3.48. The Morgan fingerprint density at radius 1 is 1.53 bits per heavy atom. The summed E-state index contributed by atoms with van der Waals surface area (Å²) in [5.41, 5.74) is 4.23. The number of nitrogens with two attached hydrogens (primary N) is 1. The molecule has 3 atom stereocenters. The van der Waals surface area contributed by atoms with Crippen LogP contribution in [0.4, 0.5) is 0 Å². The first-order valence-electron chi connectivity index (χ1n) is 7.02. The number of amides is 1. The molecule has 1 aliphatic heterocycles. The summed E-state index contributed by atoms with van der Waals surface area (Å²) in [7, 11) is 0. The van der Waals surface area contributed by atoms with Gasteiger partial charge in [0.15, 0.2) is 0 Å². The van der Waals surface area contributed by atoms with Gasteiger partial charge in [-0.25, -0.2) is 0 Å². The van der Waals surface area contributed by atoms with E-state index in [1.807, 2.05) is 13.8 Å². The number of aliphatic hydroxyl groups is 1. The smallest absolute Gasteiger partial charge is 0.241 e. The molecule has 3 unspecified atom stereocenters. The van der Waals surface area contributed by atoms with Gasteiger partial charge in [-0.2, -0.15) is 0 Å². The van der Waals surface area contributed by atoms with Gasteiger partial charge in [-0.15, -0.1) is 0 Å². The van der Waals surface area contributed by atoms with E-state index in [1.54, 1.807) is 13.8 Å². The molecule has 0 aromatic carbocycles. The van der Waals surface area contributed by atoms with Crippen molar-refractivity contribution in [2.24, 2.45) is 17.1 Å². The summed E-state index contributed by atoms with van der Waals surface area (Å²) in [4.78, 5) is 12.5. The molecule has 110 valence electrons. The van der Waals surface area contributed by atoms with E-state index >= 15 is 0 Å². The van der Waals surface area contributed by atoms with E-state index in [-0.39, 0.29) is 29.9 Å². The van der Waals surface area contributed by atoms with Crippen molar-refractivity contribution in [3.8, 4) is 0 Å². The van der Waals surface area contributed by atoms with Crippen LogP contribution in [0.5, 0.6) is 0 Å². The molecule has 2 rings (SSSR count). The third kappa shape index (κ3) is 2.18. The number of rotatable bonds is 3. The van der Waals surface area contributed by atoms with Crippen molar-refractivity contribution < 1.29 is 14.6 Å². The SMILES string of the molecule is CC(C)(O)CNC(=O)C1(N)C2CCCOC2C1(C)C. The predicted molar refractivity (Wildman–Crippen MR) is 72.5 cm³/mol. The minimum atomic E-state index is -0.928. The van der Waals surface area contributed by atoms with Crippen molar-refractivity contribution in [1.82, 2.24) is 5.32 Å². The zero-order valence-corrected chi connectivity index (χ0v) is 12.3. The maximum absolute atomic E-state index is 12.5. The van der Waals surface area contributed by atoms with E-state index in [9.17, 15) is 9.90 Å². The average Bonchev–Trinajstić information content (AvgIpc) is 2.34. The third-order valence-electron chi connectivity index (χ3n) is 4.74. The molecular weight excluding hydrogens is 244 g/mol. The monoisotopic (exact) mass is 270 g/mol. The molecule has 0 spiro atoms. The third-order valence-corrected chi connectivity index (χ3v) is 4.74. The van der Waals surface area contributed by atoms with Crippen molar-refractivity contribution >= 4 is 5.91 Å². The van der Waals surface area contributed by atoms with Gasteiger partial charge in [-0.3, -0.25) is 4.79 Å². The Morgan fingerprint density at radius 2 is 2.16 bits per heavy atom. The molecule has 2 aliphatic rings. The summed E-state index contributed by atoms with van der Waals surface area (Å²) in [5.74, 6) is -0.0931. The lowest BCUT2D eigenvalue weighted by atomic mass is 9.46. The molecule has 1 saturated heterocycles. The molecule has 4 N–H and O–H groups in total. The second-order valence-corrected chi connectivity index (χ2v) is 7.13. The Hall–Kier alpha value is -0.650. The summed E-state index contributed by atoms with van der Waals surface area (Å²) < 4.78 is 5.77. The van der Waals surface area contributed by atoms with Crippen molar-refractivity contribution in [2.45, 2.75) is 57.8 Å². The van der Waals surface area contributed by atoms with E-state index in [1.165, 1.54) is 0 Å². The Kier molecular flexibility index (Phi) is 3.44. The minimum absolute atomic E-state index is 0.0686. The lowest BCUT2D eigenvalue weighted by molar-refractivity contribution is -0.225. The lowest BCUT2D eigenvalue weighted by Gasteiger charge is -2.65. The topological polar surface area (TPSA) is 84.6 Å². The summed E-state index contributed by atoms with van der Waals surface area (Å²) in [5, 5.41) is 12.5. The first-order chi connectivity index (χ1) is 8.61. The first kappa shape index (κ1) is 14.8. The first-order valence-corrected chi connectivity index (χ1v) is 7.02. The van der Waals surface area contributed by atoms with E-state index in [0.29, 0.717) is 0 Å². The normalized spacial score (nSPS) is 37.2. The number of hydrogen-bond donors (Lipinski definition) is 3. The quantitative estimate of drug-likeness (QED) is 0.693. The maximum atomic E-state index is 12.5. The van der Waals surface area contributed by atoms with Crippen LogP contribution >= 0.6 is 0 Å². The van der Waals surface area contributed by atoms with Gasteiger partial charge in [0.1, 0.15) is 5.54 Å². The molecule has 0 bridgehead atoms. The van der Waals surface area contributed by atoms with Crippen LogP contribution in [0.1, 0.15) is 40.5 Å². The summed E-state index contributed by atoms with van der Waals surface area (Å²) in [6.45, 7) is 8.27. The highest BCUT2D eigenvalue weighted by Gasteiger charge is 2.70. The molecule has 1 amide bonds. The molecular formula is C14H26N2O3. The van der Waals surface area contributed by atoms with Crippen molar-refractivity contribution in [3.05, 3.63) is 0 Å². The van der Waals surface area contributed by atoms with Crippen LogP contribution in [0.2, 0.25) is 0 Å². The fourth-order valence-corrected chi connectivity index (χ4v) is 3.48. The van der Waals surface area contributed by atoms with E-state index in [4.69, 9.17) is 10.5 Å². The molecule has 0 aromatic heterocycles. The van der Waals surface area contributed by atoms with Gasteiger partial charge in [-0.1, -0.05) is 13.8 Å². The van der Waals surface area contributed by atoms with Crippen molar-refractivity contribution in [3.63, 3.8) is 0 Å². The van der Waals surface area contributed by atoms with Crippen LogP contribution in [-0.4, -0.2) is 41.4 Å². The lowest BCUT2D eigenvalue weighted by Crippen LogP contribution is -2.82. The molecule has 5 heteroatoms. The van der Waals surface area contributed by atoms with E-state index in [0.717, 1.165) is 19.4 Å². The number of carbonyl (C=O) groups is 1. The van der Waals surface area contributed by atoms with Gasteiger partial charge in [0, 0.05) is 24.5 Å². The van der Waals surface area contributed by atoms with Gasteiger partial charge in [0.25, 0.3) is 0 Å². The Morgan fingerprint density at radius 3 is 2.74 bits per heavy atom. The number of ether oxygens (including phenoxy) is 1. The minimum Gasteiger partial charge on any atom is -0.389 e. The molecule has 0 radical (unpaired) electrons. The van der Waals surface area contributed by atoms with Crippen LogP contribution in [0.15, 0.2) is 0 Å². The van der Waals surface area contributed by atoms with Crippen LogP contribution in [-0.2, 0) is 9.53 Å². The van der Waals surface area contributed by atoms with Crippen molar-refractivity contribution in [1.29, 1.82) is 0 Å². The number of fused-ring (bicyclic) bond motifs is 1.